The Morgan fingerprint density at radius 2 is 2.00 bits per heavy atom. The number of methoxy groups -OCH3 is 1. The Morgan fingerprint density at radius 1 is 1.24 bits per heavy atom. The van der Waals surface area contributed by atoms with E-state index in [1.165, 1.54) is 19.3 Å². The van der Waals surface area contributed by atoms with Gasteiger partial charge in [0.25, 0.3) is 0 Å². The van der Waals surface area contributed by atoms with E-state index in [0.29, 0.717) is 17.8 Å². The van der Waals surface area contributed by atoms with Crippen molar-refractivity contribution in [3.8, 4) is 5.88 Å². The van der Waals surface area contributed by atoms with E-state index >= 15 is 0 Å². The van der Waals surface area contributed by atoms with Gasteiger partial charge >= 0.3 is 0 Å². The van der Waals surface area contributed by atoms with Crippen LogP contribution in [0.25, 0.3) is 11.2 Å². The van der Waals surface area contributed by atoms with Gasteiger partial charge in [-0.25, -0.2) is 4.98 Å². The van der Waals surface area contributed by atoms with Gasteiger partial charge in [-0.2, -0.15) is 4.98 Å². The second-order valence-electron chi connectivity index (χ2n) is 6.71. The minimum Gasteiger partial charge on any atom is -0.481 e. The van der Waals surface area contributed by atoms with E-state index < -0.39 is 0 Å². The van der Waals surface area contributed by atoms with Gasteiger partial charge in [-0.3, -0.25) is 0 Å². The molecule has 2 aromatic heterocycles. The summed E-state index contributed by atoms with van der Waals surface area (Å²) in [5.74, 6) is 5.61. The lowest BCUT2D eigenvalue weighted by atomic mass is 10.0. The summed E-state index contributed by atoms with van der Waals surface area (Å²) in [6, 6.07) is 4.44. The van der Waals surface area contributed by atoms with Crippen molar-refractivity contribution in [3.05, 3.63) is 18.0 Å². The monoisotopic (exact) mass is 303 g/mol. The van der Waals surface area contributed by atoms with E-state index in [4.69, 9.17) is 16.3 Å². The summed E-state index contributed by atoms with van der Waals surface area (Å²) in [5, 5.41) is 0. The van der Waals surface area contributed by atoms with Crippen LogP contribution in [-0.4, -0.2) is 21.6 Å². The third kappa shape index (κ3) is 1.52. The number of ether oxygens (including phenoxy) is 1. The maximum atomic E-state index is 6.15. The van der Waals surface area contributed by atoms with Crippen LogP contribution < -0.4 is 4.74 Å². The SMILES string of the molecule is COc1ccc2nc(CCl)n(C3C4C5CCC(C5)C43)c2n1. The first-order chi connectivity index (χ1) is 10.3. The highest BCUT2D eigenvalue weighted by molar-refractivity contribution is 6.16. The maximum Gasteiger partial charge on any atom is 0.215 e. The van der Waals surface area contributed by atoms with Gasteiger partial charge in [0.15, 0.2) is 5.65 Å². The minimum atomic E-state index is 0.448. The van der Waals surface area contributed by atoms with Crippen molar-refractivity contribution >= 4 is 22.8 Å². The Kier molecular flexibility index (Phi) is 2.41. The number of pyridine rings is 1. The summed E-state index contributed by atoms with van der Waals surface area (Å²) in [4.78, 5) is 9.32. The lowest BCUT2D eigenvalue weighted by Crippen LogP contribution is -2.08. The molecular weight excluding hydrogens is 286 g/mol. The fourth-order valence-electron chi connectivity index (χ4n) is 5.15. The number of aromatic nitrogens is 3. The third-order valence-electron chi connectivity index (χ3n) is 5.91. The largest absolute Gasteiger partial charge is 0.481 e. The molecule has 5 rings (SSSR count). The van der Waals surface area contributed by atoms with Crippen LogP contribution in [0.2, 0.25) is 0 Å². The highest BCUT2D eigenvalue weighted by atomic mass is 35.5. The Labute approximate surface area is 128 Å². The van der Waals surface area contributed by atoms with Crippen molar-refractivity contribution in [2.45, 2.75) is 31.2 Å². The van der Waals surface area contributed by atoms with E-state index in [-0.39, 0.29) is 0 Å². The molecule has 0 radical (unpaired) electrons. The molecule has 5 heteroatoms. The Hall–Kier alpha value is -1.29. The van der Waals surface area contributed by atoms with E-state index in [9.17, 15) is 0 Å². The van der Waals surface area contributed by atoms with Crippen LogP contribution in [-0.2, 0) is 5.88 Å². The van der Waals surface area contributed by atoms with E-state index in [0.717, 1.165) is 40.7 Å². The van der Waals surface area contributed by atoms with E-state index in [1.54, 1.807) is 7.11 Å². The molecule has 0 amide bonds. The summed E-state index contributed by atoms with van der Waals surface area (Å²) >= 11 is 6.15. The van der Waals surface area contributed by atoms with Crippen LogP contribution in [0.5, 0.6) is 5.88 Å². The number of rotatable bonds is 3. The zero-order valence-electron chi connectivity index (χ0n) is 12.0. The zero-order chi connectivity index (χ0) is 14.1. The Bertz CT molecular complexity index is 712. The van der Waals surface area contributed by atoms with Gasteiger partial charge in [0, 0.05) is 12.1 Å². The highest BCUT2D eigenvalue weighted by Gasteiger charge is 2.66. The van der Waals surface area contributed by atoms with Crippen LogP contribution in [0.3, 0.4) is 0 Å². The normalized spacial score (nSPS) is 36.2. The quantitative estimate of drug-likeness (QED) is 0.816. The van der Waals surface area contributed by atoms with Gasteiger partial charge in [-0.05, 0) is 49.0 Å². The molecule has 0 N–H and O–H groups in total. The number of hydrogen-bond acceptors (Lipinski definition) is 3. The second kappa shape index (κ2) is 4.13. The first-order valence-electron chi connectivity index (χ1n) is 7.79. The van der Waals surface area contributed by atoms with Gasteiger partial charge in [-0.1, -0.05) is 0 Å². The topological polar surface area (TPSA) is 39.9 Å². The molecule has 4 atom stereocenters. The predicted molar refractivity (Wildman–Crippen MR) is 80.5 cm³/mol. The minimum absolute atomic E-state index is 0.448. The smallest absolute Gasteiger partial charge is 0.215 e. The Morgan fingerprint density at radius 3 is 2.67 bits per heavy atom. The lowest BCUT2D eigenvalue weighted by molar-refractivity contribution is 0.398. The van der Waals surface area contributed by atoms with Crippen molar-refractivity contribution < 1.29 is 4.74 Å². The van der Waals surface area contributed by atoms with Crippen molar-refractivity contribution in [2.24, 2.45) is 23.7 Å². The maximum absolute atomic E-state index is 6.15. The fraction of sp³-hybridized carbons (Fsp3) is 0.625. The molecule has 21 heavy (non-hydrogen) atoms. The van der Waals surface area contributed by atoms with Crippen LogP contribution >= 0.6 is 11.6 Å². The highest BCUT2D eigenvalue weighted by Crippen LogP contribution is 2.71. The lowest BCUT2D eigenvalue weighted by Gasteiger charge is -2.13. The first-order valence-corrected chi connectivity index (χ1v) is 8.33. The van der Waals surface area contributed by atoms with Crippen LogP contribution in [0.15, 0.2) is 12.1 Å². The van der Waals surface area contributed by atoms with Gasteiger partial charge in [0.1, 0.15) is 11.3 Å². The van der Waals surface area contributed by atoms with Crippen molar-refractivity contribution in [1.82, 2.24) is 14.5 Å². The average Bonchev–Trinajstić information content (AvgIpc) is 2.89. The molecule has 3 aliphatic carbocycles. The van der Waals surface area contributed by atoms with Crippen LogP contribution in [0.1, 0.15) is 31.1 Å². The molecule has 2 heterocycles. The van der Waals surface area contributed by atoms with Gasteiger partial charge in [0.05, 0.1) is 13.0 Å². The number of halogens is 1. The van der Waals surface area contributed by atoms with Crippen LogP contribution in [0, 0.1) is 23.7 Å². The molecule has 3 aliphatic rings. The van der Waals surface area contributed by atoms with Crippen molar-refractivity contribution in [2.75, 3.05) is 7.11 Å². The molecule has 110 valence electrons. The molecule has 0 saturated heterocycles. The molecule has 2 aromatic rings. The number of nitrogens with zero attached hydrogens (tertiary/aromatic N) is 3. The summed E-state index contributed by atoms with van der Waals surface area (Å²) in [6.07, 6.45) is 4.29. The molecule has 0 aromatic carbocycles. The van der Waals surface area contributed by atoms with Gasteiger partial charge < -0.3 is 9.30 Å². The molecule has 3 saturated carbocycles. The standard InChI is InChI=1S/C16H18ClN3O/c1-21-12-5-4-10-16(19-12)20(11(7-17)18-10)15-13-8-2-3-9(6-8)14(13)15/h4-5,8-9,13-15H,2-3,6-7H2,1H3. The van der Waals surface area contributed by atoms with Crippen molar-refractivity contribution in [1.29, 1.82) is 0 Å². The van der Waals surface area contributed by atoms with E-state index in [2.05, 4.69) is 14.5 Å². The summed E-state index contributed by atoms with van der Waals surface area (Å²) in [5.41, 5.74) is 1.88. The van der Waals surface area contributed by atoms with E-state index in [1.807, 2.05) is 12.1 Å². The number of alkyl halides is 1. The fourth-order valence-corrected chi connectivity index (χ4v) is 5.34. The average molecular weight is 304 g/mol. The number of imidazole rings is 1. The molecular formula is C16H18ClN3O. The first kappa shape index (κ1) is 12.3. The Balaban J connectivity index is 1.65. The predicted octanol–water partition coefficient (Wildman–Crippen LogP) is 3.40. The van der Waals surface area contributed by atoms with Gasteiger partial charge in [-0.15, -0.1) is 11.6 Å². The summed E-state index contributed by atoms with van der Waals surface area (Å²) in [7, 11) is 1.66. The molecule has 4 unspecified atom stereocenters. The molecule has 0 spiro atoms. The van der Waals surface area contributed by atoms with Gasteiger partial charge in [0.2, 0.25) is 5.88 Å². The molecule has 0 aliphatic heterocycles. The summed E-state index contributed by atoms with van der Waals surface area (Å²) in [6.45, 7) is 0. The molecule has 4 nitrogen and oxygen atoms in total. The van der Waals surface area contributed by atoms with Crippen LogP contribution in [0.4, 0.5) is 0 Å². The zero-order valence-corrected chi connectivity index (χ0v) is 12.8. The summed E-state index contributed by atoms with van der Waals surface area (Å²) < 4.78 is 7.61. The van der Waals surface area contributed by atoms with Crippen molar-refractivity contribution in [3.63, 3.8) is 0 Å². The number of fused-ring (bicyclic) bond motifs is 6. The number of hydrogen-bond donors (Lipinski definition) is 0. The molecule has 3 fully saturated rings. The third-order valence-corrected chi connectivity index (χ3v) is 6.15. The second-order valence-corrected chi connectivity index (χ2v) is 6.97. The molecule has 2 bridgehead atoms.